The summed E-state index contributed by atoms with van der Waals surface area (Å²) in [5.41, 5.74) is 0.959. The average molecular weight is 167 g/mol. The molecule has 1 amide bonds. The highest BCUT2D eigenvalue weighted by Gasteiger charge is 2.25. The average Bonchev–Trinajstić information content (AvgIpc) is 2.58. The maximum Gasteiger partial charge on any atom is 0.407 e. The molecule has 1 fully saturated rings. The number of hydrogen-bond acceptors (Lipinski definition) is 3. The van der Waals surface area contributed by atoms with Gasteiger partial charge in [-0.1, -0.05) is 0 Å². The number of aromatic nitrogens is 2. The van der Waals surface area contributed by atoms with Crippen molar-refractivity contribution in [1.82, 2.24) is 15.1 Å². The molecule has 2 heterocycles. The van der Waals surface area contributed by atoms with Crippen molar-refractivity contribution in [2.45, 2.75) is 6.04 Å². The van der Waals surface area contributed by atoms with Gasteiger partial charge in [-0.2, -0.15) is 5.10 Å². The van der Waals surface area contributed by atoms with Crippen molar-refractivity contribution in [2.75, 3.05) is 6.61 Å². The molecule has 5 nitrogen and oxygen atoms in total. The van der Waals surface area contributed by atoms with Gasteiger partial charge in [0.15, 0.2) is 0 Å². The fraction of sp³-hybridized carbons (Fsp3) is 0.429. The van der Waals surface area contributed by atoms with E-state index in [1.807, 2.05) is 13.1 Å². The van der Waals surface area contributed by atoms with Crippen molar-refractivity contribution in [3.05, 3.63) is 18.0 Å². The number of aryl methyl sites for hydroxylation is 1. The molecule has 1 atom stereocenters. The van der Waals surface area contributed by atoms with Gasteiger partial charge < -0.3 is 10.1 Å². The second-order valence-electron chi connectivity index (χ2n) is 2.68. The highest BCUT2D eigenvalue weighted by molar-refractivity contribution is 5.69. The predicted molar refractivity (Wildman–Crippen MR) is 40.4 cm³/mol. The molecule has 0 radical (unpaired) electrons. The van der Waals surface area contributed by atoms with Crippen molar-refractivity contribution in [2.24, 2.45) is 7.05 Å². The SMILES string of the molecule is Cn1nccc1C1COC(=O)N1. The minimum absolute atomic E-state index is 0.0509. The fourth-order valence-corrected chi connectivity index (χ4v) is 1.27. The fourth-order valence-electron chi connectivity index (χ4n) is 1.27. The van der Waals surface area contributed by atoms with Crippen LogP contribution in [0, 0.1) is 0 Å². The summed E-state index contributed by atoms with van der Waals surface area (Å²) in [6, 6.07) is 1.81. The number of ether oxygens (including phenoxy) is 1. The number of carbonyl (C=O) groups is 1. The Morgan fingerprint density at radius 3 is 3.17 bits per heavy atom. The molecule has 0 aliphatic carbocycles. The summed E-state index contributed by atoms with van der Waals surface area (Å²) in [6.07, 6.45) is 1.33. The van der Waals surface area contributed by atoms with E-state index in [0.717, 1.165) is 5.69 Å². The summed E-state index contributed by atoms with van der Waals surface area (Å²) in [4.78, 5) is 10.7. The Labute approximate surface area is 69.3 Å². The molecule has 1 saturated heterocycles. The monoisotopic (exact) mass is 167 g/mol. The molecule has 5 heteroatoms. The molecule has 0 spiro atoms. The van der Waals surface area contributed by atoms with Gasteiger partial charge in [0, 0.05) is 13.2 Å². The van der Waals surface area contributed by atoms with Gasteiger partial charge in [0.1, 0.15) is 12.6 Å². The summed E-state index contributed by atoms with van der Waals surface area (Å²) < 4.78 is 6.47. The number of carbonyl (C=O) groups excluding carboxylic acids is 1. The van der Waals surface area contributed by atoms with E-state index in [4.69, 9.17) is 4.74 Å². The van der Waals surface area contributed by atoms with Gasteiger partial charge in [-0.05, 0) is 6.07 Å². The topological polar surface area (TPSA) is 56.2 Å². The molecule has 1 aromatic heterocycles. The number of nitrogens with zero attached hydrogens (tertiary/aromatic N) is 2. The van der Waals surface area contributed by atoms with E-state index >= 15 is 0 Å². The molecule has 0 saturated carbocycles. The molecule has 1 aromatic rings. The number of nitrogens with one attached hydrogen (secondary N) is 1. The first-order valence-electron chi connectivity index (χ1n) is 3.68. The zero-order valence-electron chi connectivity index (χ0n) is 6.65. The predicted octanol–water partition coefficient (Wildman–Crippen LogP) is 0.201. The van der Waals surface area contributed by atoms with E-state index in [0.29, 0.717) is 6.61 Å². The van der Waals surface area contributed by atoms with E-state index in [1.54, 1.807) is 10.9 Å². The number of amides is 1. The highest BCUT2D eigenvalue weighted by atomic mass is 16.6. The van der Waals surface area contributed by atoms with Crippen LogP contribution in [0.2, 0.25) is 0 Å². The standard InChI is InChI=1S/C7H9N3O2/c1-10-6(2-3-8-10)5-4-12-7(11)9-5/h2-3,5H,4H2,1H3,(H,9,11). The summed E-state index contributed by atoms with van der Waals surface area (Å²) >= 11 is 0. The summed E-state index contributed by atoms with van der Waals surface area (Å²) in [5, 5.41) is 6.67. The van der Waals surface area contributed by atoms with Crippen molar-refractivity contribution in [3.63, 3.8) is 0 Å². The van der Waals surface area contributed by atoms with Gasteiger partial charge in [0.2, 0.25) is 0 Å². The van der Waals surface area contributed by atoms with Gasteiger partial charge in [0.05, 0.1) is 5.69 Å². The van der Waals surface area contributed by atoms with E-state index in [1.165, 1.54) is 0 Å². The van der Waals surface area contributed by atoms with Crippen LogP contribution < -0.4 is 5.32 Å². The summed E-state index contributed by atoms with van der Waals surface area (Å²) in [7, 11) is 1.83. The van der Waals surface area contributed by atoms with E-state index < -0.39 is 0 Å². The first-order valence-corrected chi connectivity index (χ1v) is 3.68. The van der Waals surface area contributed by atoms with Crippen LogP contribution in [0.15, 0.2) is 12.3 Å². The Balaban J connectivity index is 2.21. The minimum Gasteiger partial charge on any atom is -0.447 e. The smallest absolute Gasteiger partial charge is 0.407 e. The Morgan fingerprint density at radius 2 is 2.67 bits per heavy atom. The lowest BCUT2D eigenvalue weighted by atomic mass is 10.2. The zero-order valence-corrected chi connectivity index (χ0v) is 6.65. The molecule has 0 bridgehead atoms. The maximum absolute atomic E-state index is 10.7. The van der Waals surface area contributed by atoms with Crippen LogP contribution in [0.3, 0.4) is 0 Å². The van der Waals surface area contributed by atoms with Gasteiger partial charge >= 0.3 is 6.09 Å². The van der Waals surface area contributed by atoms with Crippen LogP contribution in [0.5, 0.6) is 0 Å². The number of rotatable bonds is 1. The Kier molecular flexibility index (Phi) is 1.49. The number of cyclic esters (lactones) is 1. The summed E-state index contributed by atoms with van der Waals surface area (Å²) in [6.45, 7) is 0.387. The van der Waals surface area contributed by atoms with Crippen LogP contribution in [-0.4, -0.2) is 22.5 Å². The maximum atomic E-state index is 10.7. The van der Waals surface area contributed by atoms with Gasteiger partial charge in [0.25, 0.3) is 0 Å². The van der Waals surface area contributed by atoms with Crippen molar-refractivity contribution >= 4 is 6.09 Å². The van der Waals surface area contributed by atoms with Crippen LogP contribution in [-0.2, 0) is 11.8 Å². The van der Waals surface area contributed by atoms with Gasteiger partial charge in [-0.25, -0.2) is 4.79 Å². The van der Waals surface area contributed by atoms with E-state index in [9.17, 15) is 4.79 Å². The van der Waals surface area contributed by atoms with Crippen molar-refractivity contribution < 1.29 is 9.53 Å². The van der Waals surface area contributed by atoms with Crippen molar-refractivity contribution in [1.29, 1.82) is 0 Å². The number of alkyl carbamates (subject to hydrolysis) is 1. The largest absolute Gasteiger partial charge is 0.447 e. The third-order valence-corrected chi connectivity index (χ3v) is 1.89. The second kappa shape index (κ2) is 2.51. The lowest BCUT2D eigenvalue weighted by Gasteiger charge is -2.06. The first kappa shape index (κ1) is 7.15. The van der Waals surface area contributed by atoms with Crippen LogP contribution in [0.1, 0.15) is 11.7 Å². The molecular weight excluding hydrogens is 158 g/mol. The summed E-state index contributed by atoms with van der Waals surface area (Å²) in [5.74, 6) is 0. The molecule has 0 aromatic carbocycles. The van der Waals surface area contributed by atoms with Gasteiger partial charge in [-0.3, -0.25) is 4.68 Å². The second-order valence-corrected chi connectivity index (χ2v) is 2.68. The van der Waals surface area contributed by atoms with Crippen LogP contribution in [0.4, 0.5) is 4.79 Å². The van der Waals surface area contributed by atoms with Crippen molar-refractivity contribution in [3.8, 4) is 0 Å². The molecule has 1 aliphatic rings. The first-order chi connectivity index (χ1) is 5.77. The quantitative estimate of drug-likeness (QED) is 0.650. The lowest BCUT2D eigenvalue weighted by Crippen LogP contribution is -2.20. The third kappa shape index (κ3) is 1.03. The minimum atomic E-state index is -0.360. The molecular formula is C7H9N3O2. The zero-order chi connectivity index (χ0) is 8.55. The number of hydrogen-bond donors (Lipinski definition) is 1. The normalized spacial score (nSPS) is 22.1. The molecule has 1 N–H and O–H groups in total. The molecule has 2 rings (SSSR count). The van der Waals surface area contributed by atoms with E-state index in [-0.39, 0.29) is 12.1 Å². The lowest BCUT2D eigenvalue weighted by molar-refractivity contribution is 0.176. The molecule has 1 aliphatic heterocycles. The van der Waals surface area contributed by atoms with Gasteiger partial charge in [-0.15, -0.1) is 0 Å². The van der Waals surface area contributed by atoms with Crippen LogP contribution in [0.25, 0.3) is 0 Å². The molecule has 1 unspecified atom stereocenters. The molecule has 64 valence electrons. The Hall–Kier alpha value is -1.52. The Bertz CT molecular complexity index is 307. The third-order valence-electron chi connectivity index (χ3n) is 1.89. The van der Waals surface area contributed by atoms with E-state index in [2.05, 4.69) is 10.4 Å². The van der Waals surface area contributed by atoms with Crippen LogP contribution >= 0.6 is 0 Å². The molecule has 12 heavy (non-hydrogen) atoms. The Morgan fingerprint density at radius 1 is 1.83 bits per heavy atom. The highest BCUT2D eigenvalue weighted by Crippen LogP contribution is 2.16.